The number of hydrogen-bond donors (Lipinski definition) is 4. The maximum atomic E-state index is 10.7. The minimum absolute atomic E-state index is 0.171. The van der Waals surface area contributed by atoms with Crippen LogP contribution in [0, 0.1) is 0 Å². The average Bonchev–Trinajstić information content (AvgIpc) is 3.13. The molecule has 0 radical (unpaired) electrons. The van der Waals surface area contributed by atoms with Crippen molar-refractivity contribution < 1.29 is 34.6 Å². The lowest BCUT2D eigenvalue weighted by Crippen LogP contribution is -2.65. The number of aliphatic hydroxyl groups excluding tert-OH is 4. The molecule has 4 rings (SSSR count). The number of fused-ring (bicyclic) bond motifs is 2. The van der Waals surface area contributed by atoms with Gasteiger partial charge in [-0.2, -0.15) is 0 Å². The highest BCUT2D eigenvalue weighted by atomic mass is 35.5. The number of aliphatic hydroxyl groups is 4. The van der Waals surface area contributed by atoms with Gasteiger partial charge in [-0.3, -0.25) is 0 Å². The first-order chi connectivity index (χ1) is 13.8. The molecule has 2 aromatic rings. The monoisotopic (exact) mass is 422 g/mol. The molecule has 2 aromatic carbocycles. The van der Waals surface area contributed by atoms with Crippen molar-refractivity contribution in [2.24, 2.45) is 0 Å². The van der Waals surface area contributed by atoms with Gasteiger partial charge in [-0.1, -0.05) is 29.8 Å². The average molecular weight is 423 g/mol. The van der Waals surface area contributed by atoms with Crippen molar-refractivity contribution >= 4 is 11.6 Å². The molecular formula is C21H23ClO7. The van der Waals surface area contributed by atoms with E-state index in [1.807, 2.05) is 24.3 Å². The quantitative estimate of drug-likeness (QED) is 0.568. The summed E-state index contributed by atoms with van der Waals surface area (Å²) in [5.74, 6) is -0.959. The molecule has 0 unspecified atom stereocenters. The molecule has 2 aliphatic rings. The Hall–Kier alpha value is -1.71. The van der Waals surface area contributed by atoms with Crippen LogP contribution in [0.25, 0.3) is 0 Å². The summed E-state index contributed by atoms with van der Waals surface area (Å²) in [7, 11) is 1.60. The number of halogens is 1. The van der Waals surface area contributed by atoms with Gasteiger partial charge in [0.25, 0.3) is 0 Å². The lowest BCUT2D eigenvalue weighted by Gasteiger charge is -2.46. The van der Waals surface area contributed by atoms with Gasteiger partial charge in [0.05, 0.1) is 20.3 Å². The van der Waals surface area contributed by atoms with E-state index in [1.165, 1.54) is 0 Å². The molecule has 7 nitrogen and oxygen atoms in total. The first-order valence-electron chi connectivity index (χ1n) is 9.26. The summed E-state index contributed by atoms with van der Waals surface area (Å²) in [5, 5.41) is 41.6. The van der Waals surface area contributed by atoms with Crippen molar-refractivity contribution in [3.63, 3.8) is 0 Å². The molecule has 5 atom stereocenters. The van der Waals surface area contributed by atoms with E-state index in [0.717, 1.165) is 16.9 Å². The summed E-state index contributed by atoms with van der Waals surface area (Å²) in [6.45, 7) is -0.735. The Morgan fingerprint density at radius 1 is 1.10 bits per heavy atom. The van der Waals surface area contributed by atoms with Crippen molar-refractivity contribution in [3.8, 4) is 5.75 Å². The third-order valence-corrected chi connectivity index (χ3v) is 6.10. The second-order valence-electron chi connectivity index (χ2n) is 7.49. The molecule has 0 amide bonds. The van der Waals surface area contributed by atoms with Gasteiger partial charge in [0.1, 0.15) is 29.7 Å². The van der Waals surface area contributed by atoms with E-state index in [-0.39, 0.29) is 6.61 Å². The molecular weight excluding hydrogens is 400 g/mol. The Morgan fingerprint density at radius 2 is 1.83 bits per heavy atom. The van der Waals surface area contributed by atoms with E-state index < -0.39 is 36.3 Å². The Bertz CT molecular complexity index is 889. The normalized spacial score (nSPS) is 33.7. The Kier molecular flexibility index (Phi) is 5.33. The highest BCUT2D eigenvalue weighted by molar-refractivity contribution is 6.31. The van der Waals surface area contributed by atoms with Crippen LogP contribution < -0.4 is 4.74 Å². The molecule has 0 aromatic heterocycles. The van der Waals surface area contributed by atoms with Crippen LogP contribution in [0.1, 0.15) is 16.7 Å². The van der Waals surface area contributed by atoms with Gasteiger partial charge in [-0.05, 0) is 41.8 Å². The van der Waals surface area contributed by atoms with Gasteiger partial charge in [-0.15, -0.1) is 0 Å². The number of hydrogen-bond acceptors (Lipinski definition) is 7. The Morgan fingerprint density at radius 3 is 2.48 bits per heavy atom. The van der Waals surface area contributed by atoms with Crippen LogP contribution in [0.2, 0.25) is 5.02 Å². The lowest BCUT2D eigenvalue weighted by molar-refractivity contribution is -0.329. The van der Waals surface area contributed by atoms with E-state index in [9.17, 15) is 20.4 Å². The van der Waals surface area contributed by atoms with Crippen molar-refractivity contribution in [2.75, 3.05) is 20.3 Å². The van der Waals surface area contributed by atoms with Crippen molar-refractivity contribution in [1.82, 2.24) is 0 Å². The molecule has 0 aliphatic carbocycles. The predicted molar refractivity (Wildman–Crippen MR) is 104 cm³/mol. The number of benzene rings is 2. The summed E-state index contributed by atoms with van der Waals surface area (Å²) in [6, 6.07) is 12.6. The van der Waals surface area contributed by atoms with Crippen LogP contribution in [0.3, 0.4) is 0 Å². The SMILES string of the molecule is COc1ccc(Cc2cc([C@]34OC[C@](CO)(O3)[C@@H](O)[C@H](O)[C@H]4O)ccc2Cl)cc1. The zero-order valence-electron chi connectivity index (χ0n) is 15.8. The molecule has 2 fully saturated rings. The fraction of sp³-hybridized carbons (Fsp3) is 0.429. The van der Waals surface area contributed by atoms with E-state index >= 15 is 0 Å². The first-order valence-corrected chi connectivity index (χ1v) is 9.64. The van der Waals surface area contributed by atoms with Crippen LogP contribution in [0.15, 0.2) is 42.5 Å². The van der Waals surface area contributed by atoms with Gasteiger partial charge < -0.3 is 34.6 Å². The molecule has 4 N–H and O–H groups in total. The van der Waals surface area contributed by atoms with Gasteiger partial charge in [0.2, 0.25) is 5.79 Å². The second-order valence-corrected chi connectivity index (χ2v) is 7.90. The molecule has 29 heavy (non-hydrogen) atoms. The summed E-state index contributed by atoms with van der Waals surface area (Å²) < 4.78 is 16.8. The maximum absolute atomic E-state index is 10.7. The van der Waals surface area contributed by atoms with Gasteiger partial charge in [-0.25, -0.2) is 0 Å². The highest BCUT2D eigenvalue weighted by Crippen LogP contribution is 2.49. The zero-order chi connectivity index (χ0) is 20.8. The molecule has 8 heteroatoms. The second kappa shape index (κ2) is 7.52. The maximum Gasteiger partial charge on any atom is 0.225 e. The molecule has 0 spiro atoms. The molecule has 2 aliphatic heterocycles. The molecule has 2 saturated heterocycles. The van der Waals surface area contributed by atoms with Crippen LogP contribution >= 0.6 is 11.6 Å². The smallest absolute Gasteiger partial charge is 0.225 e. The largest absolute Gasteiger partial charge is 0.497 e. The fourth-order valence-corrected chi connectivity index (χ4v) is 4.15. The zero-order valence-corrected chi connectivity index (χ0v) is 16.5. The third kappa shape index (κ3) is 3.23. The number of rotatable bonds is 5. The van der Waals surface area contributed by atoms with Crippen molar-refractivity contribution in [2.45, 2.75) is 36.1 Å². The first kappa shape index (κ1) is 20.6. The van der Waals surface area contributed by atoms with Crippen LogP contribution in [0.5, 0.6) is 5.75 Å². The molecule has 2 bridgehead atoms. The van der Waals surface area contributed by atoms with Gasteiger partial charge in [0, 0.05) is 10.6 Å². The third-order valence-electron chi connectivity index (χ3n) is 5.73. The van der Waals surface area contributed by atoms with E-state index in [1.54, 1.807) is 25.3 Å². The number of methoxy groups -OCH3 is 1. The van der Waals surface area contributed by atoms with E-state index in [4.69, 9.17) is 25.8 Å². The Balaban J connectivity index is 1.69. The molecule has 156 valence electrons. The minimum Gasteiger partial charge on any atom is -0.497 e. The summed E-state index contributed by atoms with van der Waals surface area (Å²) >= 11 is 6.39. The van der Waals surface area contributed by atoms with Gasteiger partial charge in [0.15, 0.2) is 0 Å². The predicted octanol–water partition coefficient (Wildman–Crippen LogP) is 0.966. The van der Waals surface area contributed by atoms with Crippen LogP contribution in [-0.4, -0.2) is 64.7 Å². The van der Waals surface area contributed by atoms with E-state index in [2.05, 4.69) is 0 Å². The minimum atomic E-state index is -1.71. The lowest BCUT2D eigenvalue weighted by atomic mass is 9.83. The van der Waals surface area contributed by atoms with Crippen molar-refractivity contribution in [1.29, 1.82) is 0 Å². The summed E-state index contributed by atoms with van der Waals surface area (Å²) in [4.78, 5) is 0. The number of ether oxygens (including phenoxy) is 3. The highest BCUT2D eigenvalue weighted by Gasteiger charge is 2.67. The topological polar surface area (TPSA) is 109 Å². The van der Waals surface area contributed by atoms with E-state index in [0.29, 0.717) is 17.0 Å². The fourth-order valence-electron chi connectivity index (χ4n) is 3.97. The van der Waals surface area contributed by atoms with Crippen LogP contribution in [0.4, 0.5) is 0 Å². The summed E-state index contributed by atoms with van der Waals surface area (Å²) in [6.07, 6.45) is -4.06. The van der Waals surface area contributed by atoms with Gasteiger partial charge >= 0.3 is 0 Å². The summed E-state index contributed by atoms with van der Waals surface area (Å²) in [5.41, 5.74) is 0.707. The van der Waals surface area contributed by atoms with Crippen molar-refractivity contribution in [3.05, 3.63) is 64.2 Å². The molecule has 2 heterocycles. The standard InChI is InChI=1S/C21H23ClO7/c1-27-15-5-2-12(3-6-15)8-13-9-14(4-7-16(13)22)21-19(26)17(24)18(25)20(10-23,29-21)11-28-21/h2-7,9,17-19,23-26H,8,10-11H2,1H3/t17-,18-,19+,20-,21-/m0/s1. The molecule has 0 saturated carbocycles. The van der Waals surface area contributed by atoms with Crippen LogP contribution in [-0.2, 0) is 21.7 Å². The Labute approximate surface area is 173 Å².